The van der Waals surface area contributed by atoms with Gasteiger partial charge in [0.15, 0.2) is 5.43 Å². The van der Waals surface area contributed by atoms with Crippen LogP contribution in [0.1, 0.15) is 40.5 Å². The molecule has 0 aliphatic rings. The predicted octanol–water partition coefficient (Wildman–Crippen LogP) is 4.91. The predicted molar refractivity (Wildman–Crippen MR) is 127 cm³/mol. The number of aliphatic hydroxyl groups excluding tert-OH is 1. The van der Waals surface area contributed by atoms with Crippen molar-refractivity contribution in [2.75, 3.05) is 19.6 Å². The van der Waals surface area contributed by atoms with Crippen LogP contribution in [0.4, 0.5) is 0 Å². The minimum atomic E-state index is -0.501. The van der Waals surface area contributed by atoms with Crippen LogP contribution in [0.2, 0.25) is 0 Å². The summed E-state index contributed by atoms with van der Waals surface area (Å²) in [4.78, 5) is 15.3. The largest absolute Gasteiger partial charge is 0.390 e. The Labute approximate surface area is 180 Å². The van der Waals surface area contributed by atoms with E-state index in [4.69, 9.17) is 0 Å². The van der Waals surface area contributed by atoms with Crippen molar-refractivity contribution >= 4 is 21.8 Å². The van der Waals surface area contributed by atoms with Gasteiger partial charge in [-0.05, 0) is 62.0 Å². The van der Waals surface area contributed by atoms with E-state index in [1.54, 1.807) is 0 Å². The van der Waals surface area contributed by atoms with E-state index in [1.165, 1.54) is 0 Å². The Hall–Kier alpha value is -2.17. The highest BCUT2D eigenvalue weighted by atomic mass is 16.3. The first kappa shape index (κ1) is 22.5. The molecule has 2 aromatic carbocycles. The van der Waals surface area contributed by atoms with Gasteiger partial charge in [0.1, 0.15) is 0 Å². The van der Waals surface area contributed by atoms with Crippen molar-refractivity contribution in [1.29, 1.82) is 0 Å². The molecule has 30 heavy (non-hydrogen) atoms. The summed E-state index contributed by atoms with van der Waals surface area (Å²) >= 11 is 0. The summed E-state index contributed by atoms with van der Waals surface area (Å²) in [7, 11) is 0. The van der Waals surface area contributed by atoms with Crippen LogP contribution in [0.25, 0.3) is 21.8 Å². The summed E-state index contributed by atoms with van der Waals surface area (Å²) in [5.74, 6) is 1.30. The molecule has 0 amide bonds. The van der Waals surface area contributed by atoms with Gasteiger partial charge in [-0.3, -0.25) is 4.79 Å². The Morgan fingerprint density at radius 1 is 0.833 bits per heavy atom. The highest BCUT2D eigenvalue weighted by Crippen LogP contribution is 2.20. The highest BCUT2D eigenvalue weighted by molar-refractivity contribution is 5.93. The van der Waals surface area contributed by atoms with Crippen molar-refractivity contribution < 1.29 is 5.11 Å². The summed E-state index contributed by atoms with van der Waals surface area (Å²) in [6, 6.07) is 15.4. The van der Waals surface area contributed by atoms with E-state index in [0.717, 1.165) is 37.0 Å². The molecular formula is C26H36N2O2. The highest BCUT2D eigenvalue weighted by Gasteiger charge is 2.17. The van der Waals surface area contributed by atoms with Gasteiger partial charge >= 0.3 is 0 Å². The fourth-order valence-corrected chi connectivity index (χ4v) is 4.02. The number of rotatable bonds is 10. The second-order valence-electron chi connectivity index (χ2n) is 9.29. The zero-order chi connectivity index (χ0) is 21.7. The van der Waals surface area contributed by atoms with Gasteiger partial charge in [-0.15, -0.1) is 0 Å². The molecule has 162 valence electrons. The molecule has 0 radical (unpaired) electrons. The first-order valence-electron chi connectivity index (χ1n) is 11.3. The molecule has 1 atom stereocenters. The average molecular weight is 409 g/mol. The lowest BCUT2D eigenvalue weighted by Gasteiger charge is -2.27. The summed E-state index contributed by atoms with van der Waals surface area (Å²) in [6.45, 7) is 12.1. The van der Waals surface area contributed by atoms with Gasteiger partial charge in [-0.1, -0.05) is 52.0 Å². The Morgan fingerprint density at radius 3 is 1.77 bits per heavy atom. The van der Waals surface area contributed by atoms with Crippen molar-refractivity contribution in [2.45, 2.75) is 53.2 Å². The summed E-state index contributed by atoms with van der Waals surface area (Å²) in [6.07, 6.45) is 1.77. The number of hydrogen-bond donors (Lipinski definition) is 1. The number of aliphatic hydroxyl groups is 1. The standard InChI is InChI=1S/C26H36N2O2/c1-19(2)13-15-27(16-14-20(3)4)17-21(29)18-28-24-11-7-5-9-22(24)26(30)23-10-6-8-12-25(23)28/h5-12,19-21,29H,13-18H2,1-4H3/t21-/m1/s1. The maximum absolute atomic E-state index is 12.9. The molecule has 0 aliphatic carbocycles. The van der Waals surface area contributed by atoms with Gasteiger partial charge in [-0.2, -0.15) is 0 Å². The van der Waals surface area contributed by atoms with Crippen molar-refractivity contribution in [3.8, 4) is 0 Å². The number of para-hydroxylation sites is 2. The van der Waals surface area contributed by atoms with Gasteiger partial charge in [0.25, 0.3) is 0 Å². The van der Waals surface area contributed by atoms with Crippen LogP contribution >= 0.6 is 0 Å². The second-order valence-corrected chi connectivity index (χ2v) is 9.29. The van der Waals surface area contributed by atoms with Crippen molar-refractivity contribution in [3.05, 3.63) is 58.8 Å². The lowest BCUT2D eigenvalue weighted by atomic mass is 10.1. The Balaban J connectivity index is 1.88. The van der Waals surface area contributed by atoms with E-state index in [9.17, 15) is 9.90 Å². The molecular weight excluding hydrogens is 372 g/mol. The zero-order valence-electron chi connectivity index (χ0n) is 18.8. The third-order valence-corrected chi connectivity index (χ3v) is 5.79. The summed E-state index contributed by atoms with van der Waals surface area (Å²) in [5, 5.41) is 12.5. The molecule has 4 heteroatoms. The molecule has 3 aromatic rings. The van der Waals surface area contributed by atoms with Crippen molar-refractivity contribution in [2.24, 2.45) is 11.8 Å². The van der Waals surface area contributed by atoms with Crippen molar-refractivity contribution in [1.82, 2.24) is 9.47 Å². The topological polar surface area (TPSA) is 45.5 Å². The fourth-order valence-electron chi connectivity index (χ4n) is 4.02. The van der Waals surface area contributed by atoms with Crippen molar-refractivity contribution in [3.63, 3.8) is 0 Å². The molecule has 3 rings (SSSR count). The molecule has 0 aliphatic heterocycles. The zero-order valence-corrected chi connectivity index (χ0v) is 18.8. The van der Waals surface area contributed by atoms with Crippen LogP contribution in [0.5, 0.6) is 0 Å². The van der Waals surface area contributed by atoms with Crippen LogP contribution < -0.4 is 5.43 Å². The van der Waals surface area contributed by atoms with Gasteiger partial charge < -0.3 is 14.6 Å². The second kappa shape index (κ2) is 10.2. The minimum Gasteiger partial charge on any atom is -0.390 e. The smallest absolute Gasteiger partial charge is 0.197 e. The molecule has 4 nitrogen and oxygen atoms in total. The first-order valence-corrected chi connectivity index (χ1v) is 11.3. The van der Waals surface area contributed by atoms with E-state index in [0.29, 0.717) is 35.7 Å². The number of aromatic nitrogens is 1. The number of hydrogen-bond acceptors (Lipinski definition) is 3. The molecule has 0 fully saturated rings. The first-order chi connectivity index (χ1) is 14.4. The molecule has 0 saturated carbocycles. The number of fused-ring (bicyclic) bond motifs is 2. The third-order valence-electron chi connectivity index (χ3n) is 5.79. The Bertz CT molecular complexity index is 950. The van der Waals surface area contributed by atoms with Gasteiger partial charge in [0.05, 0.1) is 23.7 Å². The van der Waals surface area contributed by atoms with E-state index in [-0.39, 0.29) is 5.43 Å². The minimum absolute atomic E-state index is 0.0578. The van der Waals surface area contributed by atoms with E-state index >= 15 is 0 Å². The Morgan fingerprint density at radius 2 is 1.30 bits per heavy atom. The van der Waals surface area contributed by atoms with Crippen LogP contribution in [-0.4, -0.2) is 40.3 Å². The van der Waals surface area contributed by atoms with Gasteiger partial charge in [0, 0.05) is 17.3 Å². The van der Waals surface area contributed by atoms with E-state index in [1.807, 2.05) is 48.5 Å². The number of nitrogens with zero attached hydrogens (tertiary/aromatic N) is 2. The van der Waals surface area contributed by atoms with Crippen LogP contribution in [0, 0.1) is 11.8 Å². The fraction of sp³-hybridized carbons (Fsp3) is 0.500. The summed E-state index contributed by atoms with van der Waals surface area (Å²) < 4.78 is 2.11. The molecule has 0 unspecified atom stereocenters. The van der Waals surface area contributed by atoms with E-state index in [2.05, 4.69) is 37.2 Å². The SMILES string of the molecule is CC(C)CCN(CCC(C)C)C[C@@H](O)Cn1c2ccccc2c(=O)c2ccccc21. The molecule has 1 heterocycles. The maximum atomic E-state index is 12.9. The summed E-state index contributed by atoms with van der Waals surface area (Å²) in [5.41, 5.74) is 1.83. The monoisotopic (exact) mass is 408 g/mol. The third kappa shape index (κ3) is 5.50. The lowest BCUT2D eigenvalue weighted by Crippen LogP contribution is -2.37. The van der Waals surface area contributed by atoms with Crippen LogP contribution in [0.3, 0.4) is 0 Å². The van der Waals surface area contributed by atoms with Gasteiger partial charge in [0.2, 0.25) is 0 Å². The molecule has 1 N–H and O–H groups in total. The Kier molecular flexibility index (Phi) is 7.68. The lowest BCUT2D eigenvalue weighted by molar-refractivity contribution is 0.0946. The molecule has 1 aromatic heterocycles. The average Bonchev–Trinajstić information content (AvgIpc) is 2.73. The van der Waals surface area contributed by atoms with Crippen LogP contribution in [0.15, 0.2) is 53.3 Å². The molecule has 0 bridgehead atoms. The number of pyridine rings is 1. The number of benzene rings is 2. The maximum Gasteiger partial charge on any atom is 0.197 e. The quantitative estimate of drug-likeness (QED) is 0.485. The van der Waals surface area contributed by atoms with Gasteiger partial charge in [-0.25, -0.2) is 0 Å². The van der Waals surface area contributed by atoms with Crippen LogP contribution in [-0.2, 0) is 6.54 Å². The van der Waals surface area contributed by atoms with E-state index < -0.39 is 6.10 Å². The molecule has 0 spiro atoms. The molecule has 0 saturated heterocycles. The normalized spacial score (nSPS) is 13.2.